The molecule has 0 aromatic heterocycles. The summed E-state index contributed by atoms with van der Waals surface area (Å²) in [6.45, 7) is 3.74. The van der Waals surface area contributed by atoms with E-state index in [-0.39, 0.29) is 30.4 Å². The van der Waals surface area contributed by atoms with Crippen LogP contribution in [0, 0.1) is 11.2 Å². The number of likely N-dealkylation sites (tertiary alicyclic amines) is 1. The highest BCUT2D eigenvalue weighted by atomic mass is 19.1. The molecule has 2 aliphatic heterocycles. The van der Waals surface area contributed by atoms with Crippen LogP contribution < -0.4 is 4.74 Å². The van der Waals surface area contributed by atoms with Gasteiger partial charge in [-0.25, -0.2) is 4.39 Å². The molecule has 0 spiro atoms. The van der Waals surface area contributed by atoms with Gasteiger partial charge in [0.1, 0.15) is 18.2 Å². The number of aliphatic hydroxyl groups is 1. The number of rotatable bonds is 3. The molecule has 5 heteroatoms. The fraction of sp³-hybridized carbons (Fsp3) is 0.500. The fourth-order valence-electron chi connectivity index (χ4n) is 3.28. The van der Waals surface area contributed by atoms with Gasteiger partial charge in [0.05, 0.1) is 5.57 Å². The van der Waals surface area contributed by atoms with E-state index in [0.29, 0.717) is 30.0 Å². The minimum absolute atomic E-state index is 0.0516. The van der Waals surface area contributed by atoms with Gasteiger partial charge in [0.15, 0.2) is 0 Å². The number of benzene rings is 1. The lowest BCUT2D eigenvalue weighted by molar-refractivity contribution is -0.130. The Hall–Kier alpha value is -1.88. The van der Waals surface area contributed by atoms with Crippen LogP contribution in [0.4, 0.5) is 4.39 Å². The van der Waals surface area contributed by atoms with Crippen LogP contribution in [0.2, 0.25) is 0 Å². The molecule has 1 fully saturated rings. The fourth-order valence-corrected chi connectivity index (χ4v) is 3.28. The lowest BCUT2D eigenvalue weighted by Gasteiger charge is -2.40. The molecule has 2 aliphatic rings. The van der Waals surface area contributed by atoms with E-state index >= 15 is 0 Å². The first-order chi connectivity index (χ1) is 11.1. The third kappa shape index (κ3) is 3.11. The maximum Gasteiger partial charge on any atom is 0.253 e. The molecule has 1 saturated heterocycles. The minimum atomic E-state index is -0.342. The van der Waals surface area contributed by atoms with Crippen LogP contribution in [0.15, 0.2) is 23.8 Å². The van der Waals surface area contributed by atoms with E-state index < -0.39 is 0 Å². The van der Waals surface area contributed by atoms with Gasteiger partial charge in [0, 0.05) is 25.3 Å². The van der Waals surface area contributed by atoms with Crippen molar-refractivity contribution in [3.05, 3.63) is 35.2 Å². The molecule has 1 aromatic rings. The van der Waals surface area contributed by atoms with E-state index in [2.05, 4.69) is 6.92 Å². The van der Waals surface area contributed by atoms with Gasteiger partial charge in [-0.15, -0.1) is 0 Å². The molecule has 4 nitrogen and oxygen atoms in total. The van der Waals surface area contributed by atoms with Crippen LogP contribution in [-0.4, -0.2) is 42.2 Å². The van der Waals surface area contributed by atoms with Crippen molar-refractivity contribution in [2.45, 2.75) is 26.2 Å². The number of amides is 1. The van der Waals surface area contributed by atoms with Crippen molar-refractivity contribution in [2.75, 3.05) is 26.3 Å². The number of fused-ring (bicyclic) bond motifs is 1. The van der Waals surface area contributed by atoms with Crippen LogP contribution in [0.1, 0.15) is 31.7 Å². The van der Waals surface area contributed by atoms with Crippen molar-refractivity contribution < 1.29 is 19.0 Å². The Morgan fingerprint density at radius 2 is 2.13 bits per heavy atom. The number of halogens is 1. The number of piperidine rings is 1. The molecule has 3 rings (SSSR count). The number of ether oxygens (including phenoxy) is 1. The molecule has 1 N–H and O–H groups in total. The van der Waals surface area contributed by atoms with Crippen LogP contribution in [0.3, 0.4) is 0 Å². The zero-order valence-corrected chi connectivity index (χ0v) is 13.3. The predicted molar refractivity (Wildman–Crippen MR) is 85.5 cm³/mol. The summed E-state index contributed by atoms with van der Waals surface area (Å²) in [4.78, 5) is 14.5. The second kappa shape index (κ2) is 6.32. The molecule has 0 aliphatic carbocycles. The van der Waals surface area contributed by atoms with Gasteiger partial charge in [0.2, 0.25) is 0 Å². The third-order valence-corrected chi connectivity index (χ3v) is 5.16. The van der Waals surface area contributed by atoms with E-state index in [1.165, 1.54) is 12.1 Å². The van der Waals surface area contributed by atoms with Crippen LogP contribution in [0.5, 0.6) is 5.75 Å². The lowest BCUT2D eigenvalue weighted by Crippen LogP contribution is -2.45. The van der Waals surface area contributed by atoms with Gasteiger partial charge < -0.3 is 14.7 Å². The standard InChI is InChI=1S/C18H22FNO3/c1-2-18(12-21)5-7-20(8-6-18)17(22)14-9-13-10-15(19)3-4-16(13)23-11-14/h3-4,9-10,21H,2,5-8,11-12H2,1H3. The Kier molecular flexibility index (Phi) is 4.39. The summed E-state index contributed by atoms with van der Waals surface area (Å²) in [5.74, 6) is 0.209. The SMILES string of the molecule is CCC1(CO)CCN(C(=O)C2=Cc3cc(F)ccc3OC2)CC1. The number of carbonyl (C=O) groups is 1. The van der Waals surface area contributed by atoms with Crippen LogP contribution in [-0.2, 0) is 4.79 Å². The highest BCUT2D eigenvalue weighted by Gasteiger charge is 2.35. The third-order valence-electron chi connectivity index (χ3n) is 5.16. The number of nitrogens with zero attached hydrogens (tertiary/aromatic N) is 1. The topological polar surface area (TPSA) is 49.8 Å². The summed E-state index contributed by atoms with van der Waals surface area (Å²) in [7, 11) is 0. The molecular weight excluding hydrogens is 297 g/mol. The van der Waals surface area contributed by atoms with Gasteiger partial charge in [-0.3, -0.25) is 4.79 Å². The first-order valence-corrected chi connectivity index (χ1v) is 8.10. The lowest BCUT2D eigenvalue weighted by atomic mass is 9.77. The Morgan fingerprint density at radius 1 is 1.39 bits per heavy atom. The number of hydrogen-bond acceptors (Lipinski definition) is 3. The minimum Gasteiger partial charge on any atom is -0.488 e. The second-order valence-corrected chi connectivity index (χ2v) is 6.44. The summed E-state index contributed by atoms with van der Waals surface area (Å²) in [5, 5.41) is 9.58. The van der Waals surface area contributed by atoms with Gasteiger partial charge in [-0.1, -0.05) is 6.92 Å². The first kappa shape index (κ1) is 16.0. The number of hydrogen-bond donors (Lipinski definition) is 1. The largest absolute Gasteiger partial charge is 0.488 e. The van der Waals surface area contributed by atoms with E-state index in [9.17, 15) is 14.3 Å². The van der Waals surface area contributed by atoms with E-state index in [0.717, 1.165) is 19.3 Å². The molecule has 0 radical (unpaired) electrons. The number of aliphatic hydroxyl groups excluding tert-OH is 1. The highest BCUT2D eigenvalue weighted by Crippen LogP contribution is 2.35. The van der Waals surface area contributed by atoms with Gasteiger partial charge in [-0.2, -0.15) is 0 Å². The van der Waals surface area contributed by atoms with Crippen molar-refractivity contribution >= 4 is 12.0 Å². The van der Waals surface area contributed by atoms with Crippen molar-refractivity contribution in [2.24, 2.45) is 5.41 Å². The van der Waals surface area contributed by atoms with Crippen molar-refractivity contribution in [1.29, 1.82) is 0 Å². The zero-order chi connectivity index (χ0) is 16.4. The normalized spacial score (nSPS) is 19.6. The quantitative estimate of drug-likeness (QED) is 0.932. The Morgan fingerprint density at radius 3 is 2.78 bits per heavy atom. The maximum atomic E-state index is 13.3. The molecule has 0 bridgehead atoms. The first-order valence-electron chi connectivity index (χ1n) is 8.10. The Labute approximate surface area is 135 Å². The highest BCUT2D eigenvalue weighted by molar-refractivity contribution is 5.99. The molecular formula is C18H22FNO3. The molecule has 124 valence electrons. The molecule has 1 amide bonds. The molecule has 23 heavy (non-hydrogen) atoms. The molecule has 0 saturated carbocycles. The van der Waals surface area contributed by atoms with Gasteiger partial charge in [-0.05, 0) is 49.0 Å². The van der Waals surface area contributed by atoms with Gasteiger partial charge in [0.25, 0.3) is 5.91 Å². The predicted octanol–water partition coefficient (Wildman–Crippen LogP) is 2.61. The van der Waals surface area contributed by atoms with Crippen LogP contribution in [0.25, 0.3) is 6.08 Å². The summed E-state index contributed by atoms with van der Waals surface area (Å²) in [5.41, 5.74) is 1.11. The molecule has 1 aromatic carbocycles. The second-order valence-electron chi connectivity index (χ2n) is 6.44. The summed E-state index contributed by atoms with van der Waals surface area (Å²) in [6, 6.07) is 4.31. The molecule has 0 atom stereocenters. The average molecular weight is 319 g/mol. The zero-order valence-electron chi connectivity index (χ0n) is 13.3. The number of carbonyl (C=O) groups excluding carboxylic acids is 1. The van der Waals surface area contributed by atoms with Crippen molar-refractivity contribution in [3.8, 4) is 5.75 Å². The maximum absolute atomic E-state index is 13.3. The van der Waals surface area contributed by atoms with E-state index in [1.54, 1.807) is 12.1 Å². The Balaban J connectivity index is 1.72. The summed E-state index contributed by atoms with van der Waals surface area (Å²) >= 11 is 0. The van der Waals surface area contributed by atoms with Crippen LogP contribution >= 0.6 is 0 Å². The average Bonchev–Trinajstić information content (AvgIpc) is 2.60. The van der Waals surface area contributed by atoms with E-state index in [4.69, 9.17) is 4.74 Å². The molecule has 0 unspecified atom stereocenters. The monoisotopic (exact) mass is 319 g/mol. The summed E-state index contributed by atoms with van der Waals surface area (Å²) in [6.07, 6.45) is 4.26. The van der Waals surface area contributed by atoms with Crippen molar-refractivity contribution in [3.63, 3.8) is 0 Å². The Bertz CT molecular complexity index is 627. The smallest absolute Gasteiger partial charge is 0.253 e. The summed E-state index contributed by atoms with van der Waals surface area (Å²) < 4.78 is 18.9. The van der Waals surface area contributed by atoms with Crippen molar-refractivity contribution in [1.82, 2.24) is 4.90 Å². The van der Waals surface area contributed by atoms with E-state index in [1.807, 2.05) is 4.90 Å². The van der Waals surface area contributed by atoms with Gasteiger partial charge >= 0.3 is 0 Å². The molecule has 2 heterocycles.